The third kappa shape index (κ3) is 5.24. The number of hydrogen-bond donors (Lipinski definition) is 1. The van der Waals surface area contributed by atoms with Gasteiger partial charge in [0.05, 0.1) is 19.7 Å². The number of carbonyl (C=O) groups is 2. The Kier molecular flexibility index (Phi) is 7.02. The second-order valence-corrected chi connectivity index (χ2v) is 5.80. The summed E-state index contributed by atoms with van der Waals surface area (Å²) in [6.07, 6.45) is 0. The van der Waals surface area contributed by atoms with Crippen molar-refractivity contribution in [3.05, 3.63) is 60.2 Å². The van der Waals surface area contributed by atoms with Crippen LogP contribution in [-0.2, 0) is 9.59 Å². The second kappa shape index (κ2) is 9.46. The molecule has 0 aliphatic rings. The molecular weight excluding hydrogens is 332 g/mol. The smallest absolute Gasteiger partial charge is 0.258 e. The van der Waals surface area contributed by atoms with Crippen molar-refractivity contribution in [2.75, 3.05) is 27.3 Å². The molecule has 0 radical (unpaired) electrons. The first-order chi connectivity index (χ1) is 12.5. The molecule has 1 atom stereocenters. The van der Waals surface area contributed by atoms with Gasteiger partial charge < -0.3 is 19.7 Å². The third-order valence-corrected chi connectivity index (χ3v) is 4.11. The Labute approximate surface area is 153 Å². The van der Waals surface area contributed by atoms with Gasteiger partial charge in [-0.05, 0) is 25.1 Å². The Balaban J connectivity index is 1.83. The van der Waals surface area contributed by atoms with Gasteiger partial charge in [0.25, 0.3) is 5.91 Å². The van der Waals surface area contributed by atoms with Crippen molar-refractivity contribution in [2.24, 2.45) is 0 Å². The van der Waals surface area contributed by atoms with E-state index >= 15 is 0 Å². The highest BCUT2D eigenvalue weighted by Gasteiger charge is 2.20. The molecule has 0 aliphatic heterocycles. The lowest BCUT2D eigenvalue weighted by Crippen LogP contribution is -2.40. The lowest BCUT2D eigenvalue weighted by molar-refractivity contribution is -0.133. The van der Waals surface area contributed by atoms with Crippen molar-refractivity contribution >= 4 is 11.8 Å². The Morgan fingerprint density at radius 2 is 1.73 bits per heavy atom. The average Bonchev–Trinajstić information content (AvgIpc) is 2.70. The molecule has 0 saturated carbocycles. The van der Waals surface area contributed by atoms with E-state index in [9.17, 15) is 9.59 Å². The van der Waals surface area contributed by atoms with Crippen LogP contribution in [0.2, 0.25) is 0 Å². The zero-order chi connectivity index (χ0) is 18.9. The lowest BCUT2D eigenvalue weighted by Gasteiger charge is -2.26. The number of likely N-dealkylation sites (N-methyl/N-ethyl adjacent to an activating group) is 1. The minimum absolute atomic E-state index is 0.0903. The molecule has 1 N–H and O–H groups in total. The van der Waals surface area contributed by atoms with Crippen LogP contribution in [0, 0.1) is 0 Å². The third-order valence-electron chi connectivity index (χ3n) is 4.11. The van der Waals surface area contributed by atoms with Gasteiger partial charge in [0.2, 0.25) is 5.91 Å². The molecule has 0 fully saturated rings. The van der Waals surface area contributed by atoms with Crippen LogP contribution in [0.3, 0.4) is 0 Å². The highest BCUT2D eigenvalue weighted by Crippen LogP contribution is 2.27. The molecule has 1 unspecified atom stereocenters. The SMILES string of the molecule is COc1ccccc1C(C)N(C)C(=O)CNC(=O)COc1ccccc1. The van der Waals surface area contributed by atoms with E-state index in [-0.39, 0.29) is 31.0 Å². The summed E-state index contributed by atoms with van der Waals surface area (Å²) in [4.78, 5) is 25.8. The number of rotatable bonds is 8. The molecule has 0 bridgehead atoms. The summed E-state index contributed by atoms with van der Waals surface area (Å²) in [5.74, 6) is 0.785. The molecule has 26 heavy (non-hydrogen) atoms. The van der Waals surface area contributed by atoms with Crippen molar-refractivity contribution in [3.63, 3.8) is 0 Å². The first-order valence-electron chi connectivity index (χ1n) is 8.36. The quantitative estimate of drug-likeness (QED) is 0.789. The first-order valence-corrected chi connectivity index (χ1v) is 8.36. The Morgan fingerprint density at radius 1 is 1.08 bits per heavy atom. The van der Waals surface area contributed by atoms with Gasteiger partial charge in [-0.1, -0.05) is 36.4 Å². The van der Waals surface area contributed by atoms with Gasteiger partial charge in [0.15, 0.2) is 6.61 Å². The van der Waals surface area contributed by atoms with Crippen LogP contribution in [0.5, 0.6) is 11.5 Å². The summed E-state index contributed by atoms with van der Waals surface area (Å²) in [7, 11) is 3.30. The van der Waals surface area contributed by atoms with Crippen LogP contribution < -0.4 is 14.8 Å². The van der Waals surface area contributed by atoms with E-state index in [4.69, 9.17) is 9.47 Å². The number of methoxy groups -OCH3 is 1. The van der Waals surface area contributed by atoms with Crippen molar-refractivity contribution in [2.45, 2.75) is 13.0 Å². The molecule has 2 amide bonds. The predicted octanol–water partition coefficient (Wildman–Crippen LogP) is 2.41. The minimum atomic E-state index is -0.347. The summed E-state index contributed by atoms with van der Waals surface area (Å²) >= 11 is 0. The fourth-order valence-electron chi connectivity index (χ4n) is 2.45. The van der Waals surface area contributed by atoms with Crippen LogP contribution in [0.15, 0.2) is 54.6 Å². The molecule has 2 aromatic rings. The van der Waals surface area contributed by atoms with E-state index in [1.807, 2.05) is 49.4 Å². The summed E-state index contributed by atoms with van der Waals surface area (Å²) in [5, 5.41) is 2.58. The van der Waals surface area contributed by atoms with E-state index < -0.39 is 0 Å². The number of nitrogens with zero attached hydrogens (tertiary/aromatic N) is 1. The molecule has 138 valence electrons. The van der Waals surface area contributed by atoms with Gasteiger partial charge in [-0.25, -0.2) is 0 Å². The van der Waals surface area contributed by atoms with Crippen LogP contribution in [0.1, 0.15) is 18.5 Å². The molecule has 6 heteroatoms. The first kappa shape index (κ1) is 19.3. The van der Waals surface area contributed by atoms with Crippen LogP contribution >= 0.6 is 0 Å². The second-order valence-electron chi connectivity index (χ2n) is 5.80. The number of ether oxygens (including phenoxy) is 2. The van der Waals surface area contributed by atoms with Gasteiger partial charge in [0.1, 0.15) is 11.5 Å². The average molecular weight is 356 g/mol. The van der Waals surface area contributed by atoms with Crippen LogP contribution in [0.4, 0.5) is 0 Å². The van der Waals surface area contributed by atoms with Crippen LogP contribution in [-0.4, -0.2) is 44.0 Å². The minimum Gasteiger partial charge on any atom is -0.496 e. The lowest BCUT2D eigenvalue weighted by atomic mass is 10.1. The number of hydrogen-bond acceptors (Lipinski definition) is 4. The van der Waals surface area contributed by atoms with Gasteiger partial charge in [-0.2, -0.15) is 0 Å². The monoisotopic (exact) mass is 356 g/mol. The summed E-state index contributed by atoms with van der Waals surface area (Å²) in [6.45, 7) is 1.69. The standard InChI is InChI=1S/C20H24N2O4/c1-15(17-11-7-8-12-18(17)25-3)22(2)20(24)13-21-19(23)14-26-16-9-5-4-6-10-16/h4-12,15H,13-14H2,1-3H3,(H,21,23). The topological polar surface area (TPSA) is 67.9 Å². The molecule has 6 nitrogen and oxygen atoms in total. The molecule has 0 saturated heterocycles. The maximum atomic E-state index is 12.4. The fraction of sp³-hybridized carbons (Fsp3) is 0.300. The summed E-state index contributed by atoms with van der Waals surface area (Å²) in [5.41, 5.74) is 0.907. The van der Waals surface area contributed by atoms with E-state index in [2.05, 4.69) is 5.32 Å². The van der Waals surface area contributed by atoms with Gasteiger partial charge in [-0.15, -0.1) is 0 Å². The summed E-state index contributed by atoms with van der Waals surface area (Å²) in [6, 6.07) is 16.4. The number of carbonyl (C=O) groups excluding carboxylic acids is 2. The Hall–Kier alpha value is -3.02. The highest BCUT2D eigenvalue weighted by atomic mass is 16.5. The fourth-order valence-corrected chi connectivity index (χ4v) is 2.45. The largest absolute Gasteiger partial charge is 0.496 e. The maximum absolute atomic E-state index is 12.4. The number of para-hydroxylation sites is 2. The van der Waals surface area contributed by atoms with Gasteiger partial charge in [0, 0.05) is 12.6 Å². The van der Waals surface area contributed by atoms with Crippen molar-refractivity contribution in [1.29, 1.82) is 0 Å². The molecule has 0 aromatic heterocycles. The van der Waals surface area contributed by atoms with E-state index in [1.54, 1.807) is 31.2 Å². The molecule has 0 spiro atoms. The molecule has 0 aliphatic carbocycles. The predicted molar refractivity (Wildman–Crippen MR) is 99.1 cm³/mol. The molecule has 0 heterocycles. The maximum Gasteiger partial charge on any atom is 0.258 e. The van der Waals surface area contributed by atoms with E-state index in [0.717, 1.165) is 11.3 Å². The summed E-state index contributed by atoms with van der Waals surface area (Å²) < 4.78 is 10.7. The number of benzene rings is 2. The van der Waals surface area contributed by atoms with Crippen molar-refractivity contribution in [3.8, 4) is 11.5 Å². The normalized spacial score (nSPS) is 11.3. The van der Waals surface area contributed by atoms with Gasteiger partial charge >= 0.3 is 0 Å². The zero-order valence-electron chi connectivity index (χ0n) is 15.3. The molecular formula is C20H24N2O4. The Bertz CT molecular complexity index is 734. The van der Waals surface area contributed by atoms with Crippen molar-refractivity contribution < 1.29 is 19.1 Å². The zero-order valence-corrected chi connectivity index (χ0v) is 15.3. The van der Waals surface area contributed by atoms with E-state index in [0.29, 0.717) is 5.75 Å². The molecule has 2 rings (SSSR count). The van der Waals surface area contributed by atoms with Crippen molar-refractivity contribution in [1.82, 2.24) is 10.2 Å². The number of amides is 2. The number of nitrogens with one attached hydrogen (secondary N) is 1. The molecule has 2 aromatic carbocycles. The van der Waals surface area contributed by atoms with Crippen LogP contribution in [0.25, 0.3) is 0 Å². The van der Waals surface area contributed by atoms with Gasteiger partial charge in [-0.3, -0.25) is 9.59 Å². The highest BCUT2D eigenvalue weighted by molar-refractivity contribution is 5.85. The van der Waals surface area contributed by atoms with E-state index in [1.165, 1.54) is 0 Å². The Morgan fingerprint density at radius 3 is 2.42 bits per heavy atom.